The average Bonchev–Trinajstić information content (AvgIpc) is 3.17. The smallest absolute Gasteiger partial charge is 0.335 e. The Labute approximate surface area is 175 Å². The Morgan fingerprint density at radius 1 is 1.28 bits per heavy atom. The van der Waals surface area contributed by atoms with Gasteiger partial charge in [0.1, 0.15) is 0 Å². The zero-order valence-electron chi connectivity index (χ0n) is 16.5. The number of rotatable bonds is 4. The summed E-state index contributed by atoms with van der Waals surface area (Å²) in [5, 5.41) is 14.5. The standard InChI is InChI=1S/C22H26N3O3S/c26-19-7-4-14-25(28)20(24(27)21-15-22(19,25)16-29-21)10-13-23-11-8-18(9-12-23)17-5-2-1-3-6-17/h1-3,5-6,8,15,20H,4,7,9-14,16H2/q+1. The lowest BCUT2D eigenvalue weighted by Gasteiger charge is -2.55. The van der Waals surface area contributed by atoms with Crippen molar-refractivity contribution in [3.8, 4) is 0 Å². The highest BCUT2D eigenvalue weighted by molar-refractivity contribution is 8.03. The van der Waals surface area contributed by atoms with Crippen LogP contribution in [0.15, 0.2) is 47.5 Å². The summed E-state index contributed by atoms with van der Waals surface area (Å²) >= 11 is 1.38. The second-order valence-corrected chi connectivity index (χ2v) is 9.48. The van der Waals surface area contributed by atoms with Gasteiger partial charge in [0.05, 0.1) is 29.6 Å². The van der Waals surface area contributed by atoms with Gasteiger partial charge in [0.25, 0.3) is 5.03 Å². The Hall–Kier alpha value is -1.80. The molecule has 1 aromatic carbocycles. The number of nitroso groups, excluding NO2 is 1. The van der Waals surface area contributed by atoms with Gasteiger partial charge < -0.3 is 5.21 Å². The molecule has 5 rings (SSSR count). The van der Waals surface area contributed by atoms with Gasteiger partial charge in [0.15, 0.2) is 11.3 Å². The molecule has 0 aromatic heterocycles. The molecule has 4 aliphatic heterocycles. The van der Waals surface area contributed by atoms with Crippen molar-refractivity contribution in [3.63, 3.8) is 0 Å². The number of nitrogens with zero attached hydrogens (tertiary/aromatic N) is 3. The van der Waals surface area contributed by atoms with Crippen molar-refractivity contribution in [1.29, 1.82) is 0 Å². The fourth-order valence-corrected chi connectivity index (χ4v) is 6.62. The van der Waals surface area contributed by atoms with E-state index in [0.29, 0.717) is 43.1 Å². The number of quaternary nitrogens is 1. The van der Waals surface area contributed by atoms with Gasteiger partial charge in [-0.05, 0) is 29.3 Å². The molecule has 1 saturated heterocycles. The van der Waals surface area contributed by atoms with Crippen LogP contribution in [-0.2, 0) is 4.79 Å². The largest absolute Gasteiger partial charge is 0.627 e. The summed E-state index contributed by atoms with van der Waals surface area (Å²) in [6, 6.07) is 10.4. The van der Waals surface area contributed by atoms with E-state index in [-0.39, 0.29) is 5.78 Å². The number of benzene rings is 1. The highest BCUT2D eigenvalue weighted by Crippen LogP contribution is 2.51. The van der Waals surface area contributed by atoms with Crippen LogP contribution in [0.25, 0.3) is 5.57 Å². The van der Waals surface area contributed by atoms with Crippen molar-refractivity contribution < 1.29 is 14.2 Å². The van der Waals surface area contributed by atoms with Crippen LogP contribution in [-0.4, -0.2) is 63.7 Å². The molecule has 7 heteroatoms. The lowest BCUT2D eigenvalue weighted by Crippen LogP contribution is -2.74. The number of hydroxylamine groups is 3. The van der Waals surface area contributed by atoms with E-state index >= 15 is 0 Å². The van der Waals surface area contributed by atoms with E-state index in [2.05, 4.69) is 35.2 Å². The van der Waals surface area contributed by atoms with E-state index in [0.717, 1.165) is 24.3 Å². The van der Waals surface area contributed by atoms with Crippen molar-refractivity contribution in [2.45, 2.75) is 37.4 Å². The van der Waals surface area contributed by atoms with Gasteiger partial charge >= 0.3 is 6.17 Å². The number of hydrogen-bond acceptors (Lipinski definition) is 5. The number of Topliss-reactive ketones (excluding diaryl/α,β-unsaturated/α-hetero) is 1. The summed E-state index contributed by atoms with van der Waals surface area (Å²) in [5.74, 6) is 0.444. The predicted molar refractivity (Wildman–Crippen MR) is 114 cm³/mol. The predicted octanol–water partition coefficient (Wildman–Crippen LogP) is 3.29. The summed E-state index contributed by atoms with van der Waals surface area (Å²) in [6.07, 6.45) is 5.72. The van der Waals surface area contributed by atoms with E-state index in [4.69, 9.17) is 0 Å². The molecule has 0 aliphatic carbocycles. The fraction of sp³-hybridized carbons (Fsp3) is 0.500. The quantitative estimate of drug-likeness (QED) is 0.431. The molecule has 6 nitrogen and oxygen atoms in total. The van der Waals surface area contributed by atoms with Crippen LogP contribution in [0.4, 0.5) is 0 Å². The van der Waals surface area contributed by atoms with Crippen LogP contribution in [0.2, 0.25) is 0 Å². The first-order chi connectivity index (χ1) is 14.0. The molecule has 1 spiro atoms. The fourth-order valence-electron chi connectivity index (χ4n) is 5.26. The third kappa shape index (κ3) is 2.94. The Morgan fingerprint density at radius 3 is 2.86 bits per heavy atom. The van der Waals surface area contributed by atoms with Crippen molar-refractivity contribution in [2.24, 2.45) is 0 Å². The Bertz CT molecular complexity index is 915. The molecule has 152 valence electrons. The van der Waals surface area contributed by atoms with Crippen molar-refractivity contribution in [1.82, 2.24) is 4.90 Å². The second-order valence-electron chi connectivity index (χ2n) is 8.48. The van der Waals surface area contributed by atoms with E-state index < -0.39 is 16.4 Å². The topological polar surface area (TPSA) is 63.4 Å². The molecule has 3 atom stereocenters. The van der Waals surface area contributed by atoms with E-state index in [1.165, 1.54) is 22.9 Å². The molecule has 4 heterocycles. The van der Waals surface area contributed by atoms with Crippen molar-refractivity contribution in [2.75, 3.05) is 31.9 Å². The molecule has 2 bridgehead atoms. The van der Waals surface area contributed by atoms with Crippen LogP contribution in [0.3, 0.4) is 0 Å². The zero-order chi connectivity index (χ0) is 20.1. The summed E-state index contributed by atoms with van der Waals surface area (Å²) in [4.78, 5) is 28.0. The summed E-state index contributed by atoms with van der Waals surface area (Å²) in [6.45, 7) is 2.81. The van der Waals surface area contributed by atoms with Crippen molar-refractivity contribution >= 4 is 23.1 Å². The highest BCUT2D eigenvalue weighted by atomic mass is 32.2. The maximum absolute atomic E-state index is 13.9. The maximum atomic E-state index is 13.9. The molecular formula is C22H26N3O3S+. The Morgan fingerprint density at radius 2 is 2.10 bits per heavy atom. The minimum atomic E-state index is -1.02. The minimum absolute atomic E-state index is 0.0211. The SMILES string of the molecule is O=C1CCC[N+]2([O-])C(CCN3CC=C(c4ccccc4)CC3)[N+](=O)C3=CC12CS3. The highest BCUT2D eigenvalue weighted by Gasteiger charge is 2.68. The van der Waals surface area contributed by atoms with Gasteiger partial charge in [0.2, 0.25) is 0 Å². The summed E-state index contributed by atoms with van der Waals surface area (Å²) in [5.41, 5.74) is 1.60. The molecule has 0 saturated carbocycles. The first-order valence-electron chi connectivity index (χ1n) is 10.4. The number of hydrogen-bond donors (Lipinski definition) is 0. The van der Waals surface area contributed by atoms with Crippen LogP contribution in [0.1, 0.15) is 31.2 Å². The maximum Gasteiger partial charge on any atom is 0.335 e. The molecule has 4 aliphatic rings. The average molecular weight is 413 g/mol. The second kappa shape index (κ2) is 7.16. The molecular weight excluding hydrogens is 386 g/mol. The monoisotopic (exact) mass is 412 g/mol. The van der Waals surface area contributed by atoms with Crippen LogP contribution < -0.4 is 0 Å². The first-order valence-corrected chi connectivity index (χ1v) is 11.4. The molecule has 0 N–H and O–H groups in total. The molecule has 1 fully saturated rings. The lowest BCUT2D eigenvalue weighted by atomic mass is 9.84. The normalized spacial score (nSPS) is 34.6. The number of carbonyl (C=O) groups is 1. The molecule has 29 heavy (non-hydrogen) atoms. The number of thioether (sulfide) groups is 1. The molecule has 0 radical (unpaired) electrons. The Kier molecular flexibility index (Phi) is 4.74. The van der Waals surface area contributed by atoms with Crippen LogP contribution in [0, 0.1) is 10.1 Å². The lowest BCUT2D eigenvalue weighted by molar-refractivity contribution is -1.02. The zero-order valence-corrected chi connectivity index (χ0v) is 17.3. The van der Waals surface area contributed by atoms with E-state index in [1.807, 2.05) is 6.07 Å². The van der Waals surface area contributed by atoms with Crippen LogP contribution >= 0.6 is 11.8 Å². The van der Waals surface area contributed by atoms with Gasteiger partial charge in [-0.25, -0.2) is 0 Å². The first kappa shape index (κ1) is 19.2. The van der Waals surface area contributed by atoms with E-state index in [9.17, 15) is 14.9 Å². The van der Waals surface area contributed by atoms with Crippen LogP contribution in [0.5, 0.6) is 0 Å². The number of carbonyl (C=O) groups excluding carboxylic acids is 1. The van der Waals surface area contributed by atoms with Gasteiger partial charge in [-0.15, -0.1) is 0 Å². The van der Waals surface area contributed by atoms with Gasteiger partial charge in [0, 0.05) is 37.4 Å². The van der Waals surface area contributed by atoms with Crippen molar-refractivity contribution in [3.05, 3.63) is 63.2 Å². The Balaban J connectivity index is 1.30. The minimum Gasteiger partial charge on any atom is -0.627 e. The molecule has 1 aromatic rings. The van der Waals surface area contributed by atoms with E-state index in [1.54, 1.807) is 6.08 Å². The summed E-state index contributed by atoms with van der Waals surface area (Å²) < 4.78 is 0.238. The van der Waals surface area contributed by atoms with Gasteiger partial charge in [-0.2, -0.15) is 0 Å². The third-order valence-electron chi connectivity index (χ3n) is 6.97. The number of ketones is 1. The molecule has 0 amide bonds. The van der Waals surface area contributed by atoms with Gasteiger partial charge in [-0.1, -0.05) is 36.4 Å². The molecule has 3 unspecified atom stereocenters. The summed E-state index contributed by atoms with van der Waals surface area (Å²) in [7, 11) is 0. The van der Waals surface area contributed by atoms with Gasteiger partial charge in [-0.3, -0.25) is 14.3 Å². The number of piperidine rings is 1. The third-order valence-corrected chi connectivity index (χ3v) is 8.14.